The molecule has 3 unspecified atom stereocenters. The van der Waals surface area contributed by atoms with Gasteiger partial charge in [-0.25, -0.2) is 0 Å². The smallest absolute Gasteiger partial charge is 0.163 e. The van der Waals surface area contributed by atoms with E-state index in [1.54, 1.807) is 0 Å². The molecular formula is C17H23NO3. The molecule has 1 aromatic carbocycles. The van der Waals surface area contributed by atoms with Crippen molar-refractivity contribution in [2.24, 2.45) is 11.3 Å². The fraction of sp³-hybridized carbons (Fsp3) is 0.647. The Balaban J connectivity index is 1.54. The third-order valence-electron chi connectivity index (χ3n) is 5.17. The van der Waals surface area contributed by atoms with Crippen molar-refractivity contribution in [1.29, 1.82) is 0 Å². The zero-order chi connectivity index (χ0) is 14.4. The molecule has 0 amide bonds. The summed E-state index contributed by atoms with van der Waals surface area (Å²) in [5, 5.41) is 3.70. The van der Waals surface area contributed by atoms with Crippen molar-refractivity contribution in [2.45, 2.75) is 38.8 Å². The van der Waals surface area contributed by atoms with Crippen LogP contribution in [0.25, 0.3) is 0 Å². The van der Waals surface area contributed by atoms with E-state index in [1.165, 1.54) is 0 Å². The molecule has 0 radical (unpaired) electrons. The zero-order valence-electron chi connectivity index (χ0n) is 12.7. The fourth-order valence-electron chi connectivity index (χ4n) is 4.05. The third kappa shape index (κ3) is 2.08. The van der Waals surface area contributed by atoms with E-state index in [-0.39, 0.29) is 5.41 Å². The molecule has 1 N–H and O–H groups in total. The van der Waals surface area contributed by atoms with E-state index in [2.05, 4.69) is 31.3 Å². The number of ether oxygens (including phenoxy) is 3. The van der Waals surface area contributed by atoms with Gasteiger partial charge in [-0.1, -0.05) is 13.8 Å². The van der Waals surface area contributed by atoms with E-state index in [0.717, 1.165) is 49.8 Å². The Labute approximate surface area is 125 Å². The van der Waals surface area contributed by atoms with E-state index in [9.17, 15) is 0 Å². The number of fused-ring (bicyclic) bond motifs is 2. The quantitative estimate of drug-likeness (QED) is 0.908. The van der Waals surface area contributed by atoms with Gasteiger partial charge in [0.15, 0.2) is 11.5 Å². The molecule has 1 saturated carbocycles. The summed E-state index contributed by atoms with van der Waals surface area (Å²) in [5.41, 5.74) is 1.30. The topological polar surface area (TPSA) is 39.7 Å². The van der Waals surface area contributed by atoms with Crippen molar-refractivity contribution >= 4 is 5.69 Å². The lowest BCUT2D eigenvalue weighted by molar-refractivity contribution is -0.0923. The van der Waals surface area contributed by atoms with E-state index in [4.69, 9.17) is 14.2 Å². The Morgan fingerprint density at radius 2 is 1.90 bits per heavy atom. The SMILES string of the molecule is CC1(C)C(Nc2ccc3c(c2)OCCCO3)C2CCOC21. The first kappa shape index (κ1) is 13.3. The Hall–Kier alpha value is -1.42. The van der Waals surface area contributed by atoms with E-state index >= 15 is 0 Å². The van der Waals surface area contributed by atoms with Crippen LogP contribution >= 0.6 is 0 Å². The Morgan fingerprint density at radius 1 is 1.10 bits per heavy atom. The maximum absolute atomic E-state index is 5.86. The number of nitrogens with one attached hydrogen (secondary N) is 1. The number of rotatable bonds is 2. The van der Waals surface area contributed by atoms with Crippen molar-refractivity contribution in [3.63, 3.8) is 0 Å². The molecule has 114 valence electrons. The lowest BCUT2D eigenvalue weighted by Crippen LogP contribution is -2.63. The summed E-state index contributed by atoms with van der Waals surface area (Å²) in [6.07, 6.45) is 2.51. The highest BCUT2D eigenvalue weighted by molar-refractivity contribution is 5.56. The molecule has 4 rings (SSSR count). The van der Waals surface area contributed by atoms with Crippen molar-refractivity contribution < 1.29 is 14.2 Å². The molecule has 3 aliphatic rings. The van der Waals surface area contributed by atoms with E-state index < -0.39 is 0 Å². The lowest BCUT2D eigenvalue weighted by Gasteiger charge is -2.55. The molecule has 1 saturated heterocycles. The van der Waals surface area contributed by atoms with Gasteiger partial charge in [0.1, 0.15) is 0 Å². The summed E-state index contributed by atoms with van der Waals surface area (Å²) < 4.78 is 17.3. The maximum Gasteiger partial charge on any atom is 0.163 e. The predicted molar refractivity (Wildman–Crippen MR) is 81.1 cm³/mol. The van der Waals surface area contributed by atoms with Crippen LogP contribution in [-0.2, 0) is 4.74 Å². The van der Waals surface area contributed by atoms with Gasteiger partial charge < -0.3 is 19.5 Å². The molecule has 4 nitrogen and oxygen atoms in total. The highest BCUT2D eigenvalue weighted by Gasteiger charge is 2.59. The summed E-state index contributed by atoms with van der Waals surface area (Å²) in [6.45, 7) is 6.94. The first-order valence-electron chi connectivity index (χ1n) is 7.94. The molecule has 0 spiro atoms. The standard InChI is InChI=1S/C17H23NO3/c1-17(2)15(12-6-9-21-16(12)17)18-11-4-5-13-14(10-11)20-8-3-7-19-13/h4-5,10,12,15-16,18H,3,6-9H2,1-2H3. The van der Waals surface area contributed by atoms with Crippen LogP contribution < -0.4 is 14.8 Å². The van der Waals surface area contributed by atoms with Gasteiger partial charge in [-0.3, -0.25) is 0 Å². The molecule has 1 aliphatic carbocycles. The van der Waals surface area contributed by atoms with Crippen LogP contribution in [0.2, 0.25) is 0 Å². The number of benzene rings is 1. The van der Waals surface area contributed by atoms with Gasteiger partial charge in [0.2, 0.25) is 0 Å². The summed E-state index contributed by atoms with van der Waals surface area (Å²) >= 11 is 0. The first-order valence-corrected chi connectivity index (χ1v) is 7.94. The molecule has 21 heavy (non-hydrogen) atoms. The van der Waals surface area contributed by atoms with Crippen molar-refractivity contribution in [2.75, 3.05) is 25.1 Å². The second kappa shape index (κ2) is 4.80. The highest BCUT2D eigenvalue weighted by atomic mass is 16.5. The average molecular weight is 289 g/mol. The minimum Gasteiger partial charge on any atom is -0.490 e. The largest absolute Gasteiger partial charge is 0.490 e. The maximum atomic E-state index is 5.86. The molecule has 2 fully saturated rings. The summed E-state index contributed by atoms with van der Waals surface area (Å²) in [7, 11) is 0. The molecule has 2 heterocycles. The van der Waals surface area contributed by atoms with Crippen LogP contribution in [0.5, 0.6) is 11.5 Å². The fourth-order valence-corrected chi connectivity index (χ4v) is 4.05. The van der Waals surface area contributed by atoms with Gasteiger partial charge in [-0.2, -0.15) is 0 Å². The van der Waals surface area contributed by atoms with E-state index in [0.29, 0.717) is 18.1 Å². The summed E-state index contributed by atoms with van der Waals surface area (Å²) in [5.74, 6) is 2.35. The van der Waals surface area contributed by atoms with Crippen LogP contribution in [0, 0.1) is 11.3 Å². The van der Waals surface area contributed by atoms with Crippen LogP contribution in [0.15, 0.2) is 18.2 Å². The summed E-state index contributed by atoms with van der Waals surface area (Å²) in [6, 6.07) is 6.64. The Kier molecular flexibility index (Phi) is 3.03. The van der Waals surface area contributed by atoms with Gasteiger partial charge in [0, 0.05) is 42.2 Å². The molecular weight excluding hydrogens is 266 g/mol. The molecule has 2 aliphatic heterocycles. The van der Waals surface area contributed by atoms with Crippen molar-refractivity contribution in [1.82, 2.24) is 0 Å². The van der Waals surface area contributed by atoms with Gasteiger partial charge in [0.05, 0.1) is 19.3 Å². The van der Waals surface area contributed by atoms with Crippen LogP contribution in [0.4, 0.5) is 5.69 Å². The van der Waals surface area contributed by atoms with Crippen LogP contribution in [-0.4, -0.2) is 32.0 Å². The minimum atomic E-state index is 0.186. The third-order valence-corrected chi connectivity index (χ3v) is 5.17. The Morgan fingerprint density at radius 3 is 2.76 bits per heavy atom. The molecule has 0 bridgehead atoms. The lowest BCUT2D eigenvalue weighted by atomic mass is 9.57. The van der Waals surface area contributed by atoms with Crippen LogP contribution in [0.1, 0.15) is 26.7 Å². The second-order valence-corrected chi connectivity index (χ2v) is 6.90. The van der Waals surface area contributed by atoms with Crippen LogP contribution in [0.3, 0.4) is 0 Å². The van der Waals surface area contributed by atoms with Crippen molar-refractivity contribution in [3.8, 4) is 11.5 Å². The zero-order valence-corrected chi connectivity index (χ0v) is 12.7. The van der Waals surface area contributed by atoms with Gasteiger partial charge in [0.25, 0.3) is 0 Å². The van der Waals surface area contributed by atoms with E-state index in [1.807, 2.05) is 6.07 Å². The average Bonchev–Trinajstić information content (AvgIpc) is 2.80. The van der Waals surface area contributed by atoms with Crippen molar-refractivity contribution in [3.05, 3.63) is 18.2 Å². The number of hydrogen-bond acceptors (Lipinski definition) is 4. The number of hydrogen-bond donors (Lipinski definition) is 1. The first-order chi connectivity index (χ1) is 10.2. The van der Waals surface area contributed by atoms with Gasteiger partial charge in [-0.05, 0) is 18.6 Å². The predicted octanol–water partition coefficient (Wildman–Crippen LogP) is 3.07. The van der Waals surface area contributed by atoms with Gasteiger partial charge >= 0.3 is 0 Å². The molecule has 4 heteroatoms. The minimum absolute atomic E-state index is 0.186. The highest BCUT2D eigenvalue weighted by Crippen LogP contribution is 2.53. The summed E-state index contributed by atoms with van der Waals surface area (Å²) in [4.78, 5) is 0. The van der Waals surface area contributed by atoms with Gasteiger partial charge in [-0.15, -0.1) is 0 Å². The monoisotopic (exact) mass is 289 g/mol. The Bertz CT molecular complexity index is 543. The molecule has 0 aromatic heterocycles. The normalized spacial score (nSPS) is 32.8. The second-order valence-electron chi connectivity index (χ2n) is 6.90. The number of anilines is 1. The molecule has 3 atom stereocenters. The molecule has 1 aromatic rings.